The molecule has 5 nitrogen and oxygen atoms in total. The number of nitrogens with one attached hydrogen (secondary N) is 2. The van der Waals surface area contributed by atoms with Crippen LogP contribution in [0.15, 0.2) is 24.3 Å². The van der Waals surface area contributed by atoms with Crippen LogP contribution < -0.4 is 5.32 Å². The van der Waals surface area contributed by atoms with Gasteiger partial charge in [0.25, 0.3) is 5.91 Å². The van der Waals surface area contributed by atoms with E-state index in [1.165, 1.54) is 0 Å². The fourth-order valence-corrected chi connectivity index (χ4v) is 1.66. The number of carbonyl (C=O) groups is 1. The first-order valence-corrected chi connectivity index (χ1v) is 5.98. The summed E-state index contributed by atoms with van der Waals surface area (Å²) in [6.45, 7) is 4.02. The lowest BCUT2D eigenvalue weighted by molar-refractivity contribution is 0.101. The van der Waals surface area contributed by atoms with E-state index >= 15 is 0 Å². The van der Waals surface area contributed by atoms with E-state index in [1.54, 1.807) is 0 Å². The van der Waals surface area contributed by atoms with E-state index in [2.05, 4.69) is 27.4 Å². The predicted octanol–water partition coefficient (Wildman–Crippen LogP) is 2.32. The van der Waals surface area contributed by atoms with Crippen molar-refractivity contribution < 1.29 is 4.79 Å². The van der Waals surface area contributed by atoms with Crippen molar-refractivity contribution in [3.8, 4) is 0 Å². The Hall–Kier alpha value is -2.17. The van der Waals surface area contributed by atoms with Crippen molar-refractivity contribution in [2.45, 2.75) is 26.7 Å². The highest BCUT2D eigenvalue weighted by Gasteiger charge is 2.12. The second-order valence-corrected chi connectivity index (χ2v) is 4.18. The molecule has 18 heavy (non-hydrogen) atoms. The van der Waals surface area contributed by atoms with Gasteiger partial charge in [-0.1, -0.05) is 19.1 Å². The van der Waals surface area contributed by atoms with Gasteiger partial charge < -0.3 is 5.32 Å². The zero-order valence-corrected chi connectivity index (χ0v) is 10.5. The molecule has 0 aliphatic rings. The molecule has 1 heterocycles. The van der Waals surface area contributed by atoms with E-state index in [0.29, 0.717) is 0 Å². The van der Waals surface area contributed by atoms with E-state index in [-0.39, 0.29) is 11.7 Å². The molecule has 1 amide bonds. The Morgan fingerprint density at radius 1 is 1.44 bits per heavy atom. The molecular weight excluding hydrogens is 228 g/mol. The van der Waals surface area contributed by atoms with Crippen LogP contribution in [-0.4, -0.2) is 21.1 Å². The zero-order valence-electron chi connectivity index (χ0n) is 10.5. The number of hydrogen-bond acceptors (Lipinski definition) is 3. The fourth-order valence-electron chi connectivity index (χ4n) is 1.66. The van der Waals surface area contributed by atoms with Gasteiger partial charge in [-0.2, -0.15) is 0 Å². The number of aromatic amines is 1. The fraction of sp³-hybridized carbons (Fsp3) is 0.308. The number of hydrogen-bond donors (Lipinski definition) is 2. The number of aryl methyl sites for hydroxylation is 2. The SMILES string of the molecule is CCCc1nc(C(=O)Nc2cccc(C)c2)n[nH]1. The molecule has 2 rings (SSSR count). The van der Waals surface area contributed by atoms with E-state index in [4.69, 9.17) is 0 Å². The summed E-state index contributed by atoms with van der Waals surface area (Å²) < 4.78 is 0. The van der Waals surface area contributed by atoms with Crippen LogP contribution in [0.1, 0.15) is 35.4 Å². The minimum absolute atomic E-state index is 0.181. The van der Waals surface area contributed by atoms with Gasteiger partial charge in [0.2, 0.25) is 5.82 Å². The van der Waals surface area contributed by atoms with Gasteiger partial charge in [-0.15, -0.1) is 5.10 Å². The van der Waals surface area contributed by atoms with Crippen LogP contribution in [0, 0.1) is 6.92 Å². The number of carbonyl (C=O) groups excluding carboxylic acids is 1. The minimum Gasteiger partial charge on any atom is -0.319 e. The van der Waals surface area contributed by atoms with Gasteiger partial charge in [0.05, 0.1) is 0 Å². The van der Waals surface area contributed by atoms with Crippen LogP contribution in [0.3, 0.4) is 0 Å². The second kappa shape index (κ2) is 5.44. The molecular formula is C13H16N4O. The molecule has 0 aliphatic heterocycles. The van der Waals surface area contributed by atoms with E-state index < -0.39 is 0 Å². The Morgan fingerprint density at radius 2 is 2.28 bits per heavy atom. The highest BCUT2D eigenvalue weighted by Crippen LogP contribution is 2.10. The number of H-pyrrole nitrogens is 1. The molecule has 1 aromatic heterocycles. The average Bonchev–Trinajstić information content (AvgIpc) is 2.78. The number of amides is 1. The highest BCUT2D eigenvalue weighted by molar-refractivity contribution is 6.01. The average molecular weight is 244 g/mol. The normalized spacial score (nSPS) is 10.3. The van der Waals surface area contributed by atoms with Crippen LogP contribution in [0.4, 0.5) is 5.69 Å². The second-order valence-electron chi connectivity index (χ2n) is 4.18. The third-order valence-corrected chi connectivity index (χ3v) is 2.50. The van der Waals surface area contributed by atoms with Crippen molar-refractivity contribution in [1.82, 2.24) is 15.2 Å². The molecule has 0 atom stereocenters. The van der Waals surface area contributed by atoms with Gasteiger partial charge in [0, 0.05) is 12.1 Å². The third kappa shape index (κ3) is 2.94. The van der Waals surface area contributed by atoms with Crippen molar-refractivity contribution in [3.63, 3.8) is 0 Å². The Balaban J connectivity index is 2.07. The van der Waals surface area contributed by atoms with Crippen molar-refractivity contribution in [2.75, 3.05) is 5.32 Å². The van der Waals surface area contributed by atoms with Crippen LogP contribution in [0.2, 0.25) is 0 Å². The van der Waals surface area contributed by atoms with Crippen molar-refractivity contribution in [1.29, 1.82) is 0 Å². The number of anilines is 1. The summed E-state index contributed by atoms with van der Waals surface area (Å²) in [5.41, 5.74) is 1.84. The summed E-state index contributed by atoms with van der Waals surface area (Å²) >= 11 is 0. The molecule has 0 bridgehead atoms. The molecule has 94 valence electrons. The zero-order chi connectivity index (χ0) is 13.0. The summed E-state index contributed by atoms with van der Waals surface area (Å²) in [7, 11) is 0. The van der Waals surface area contributed by atoms with Gasteiger partial charge in [0.15, 0.2) is 0 Å². The smallest absolute Gasteiger partial charge is 0.295 e. The standard InChI is InChI=1S/C13H16N4O/c1-3-5-11-15-12(17-16-11)13(18)14-10-7-4-6-9(2)8-10/h4,6-8H,3,5H2,1-2H3,(H,14,18)(H,15,16,17). The van der Waals surface area contributed by atoms with Crippen LogP contribution >= 0.6 is 0 Å². The van der Waals surface area contributed by atoms with Crippen molar-refractivity contribution in [3.05, 3.63) is 41.5 Å². The Morgan fingerprint density at radius 3 is 3.00 bits per heavy atom. The molecule has 0 fully saturated rings. The molecule has 1 aromatic carbocycles. The maximum atomic E-state index is 11.9. The molecule has 0 saturated heterocycles. The first-order chi connectivity index (χ1) is 8.69. The van der Waals surface area contributed by atoms with Crippen LogP contribution in [-0.2, 0) is 6.42 Å². The summed E-state index contributed by atoms with van der Waals surface area (Å²) in [6, 6.07) is 7.61. The molecule has 2 N–H and O–H groups in total. The quantitative estimate of drug-likeness (QED) is 0.867. The van der Waals surface area contributed by atoms with Crippen LogP contribution in [0.5, 0.6) is 0 Å². The lowest BCUT2D eigenvalue weighted by Crippen LogP contribution is -2.13. The topological polar surface area (TPSA) is 70.7 Å². The van der Waals surface area contributed by atoms with Gasteiger partial charge in [-0.25, -0.2) is 4.98 Å². The highest BCUT2D eigenvalue weighted by atomic mass is 16.2. The Bertz CT molecular complexity index is 547. The molecule has 2 aromatic rings. The maximum Gasteiger partial charge on any atom is 0.295 e. The van der Waals surface area contributed by atoms with E-state index in [1.807, 2.05) is 31.2 Å². The lowest BCUT2D eigenvalue weighted by atomic mass is 10.2. The number of benzene rings is 1. The number of aromatic nitrogens is 3. The van der Waals surface area contributed by atoms with Crippen molar-refractivity contribution in [2.24, 2.45) is 0 Å². The van der Waals surface area contributed by atoms with Gasteiger partial charge in [-0.05, 0) is 31.0 Å². The molecule has 0 aliphatic carbocycles. The molecule has 0 unspecified atom stereocenters. The third-order valence-electron chi connectivity index (χ3n) is 2.50. The van der Waals surface area contributed by atoms with E-state index in [0.717, 1.165) is 29.9 Å². The van der Waals surface area contributed by atoms with E-state index in [9.17, 15) is 4.79 Å². The van der Waals surface area contributed by atoms with Crippen molar-refractivity contribution >= 4 is 11.6 Å². The number of nitrogens with zero attached hydrogens (tertiary/aromatic N) is 2. The molecule has 0 saturated carbocycles. The van der Waals surface area contributed by atoms with Gasteiger partial charge >= 0.3 is 0 Å². The molecule has 0 radical (unpaired) electrons. The largest absolute Gasteiger partial charge is 0.319 e. The lowest BCUT2D eigenvalue weighted by Gasteiger charge is -2.02. The molecule has 5 heteroatoms. The monoisotopic (exact) mass is 244 g/mol. The summed E-state index contributed by atoms with van der Waals surface area (Å²) in [6.07, 6.45) is 1.76. The summed E-state index contributed by atoms with van der Waals surface area (Å²) in [5.74, 6) is 0.631. The predicted molar refractivity (Wildman–Crippen MR) is 69.5 cm³/mol. The first kappa shape index (κ1) is 12.3. The first-order valence-electron chi connectivity index (χ1n) is 5.98. The maximum absolute atomic E-state index is 11.9. The molecule has 0 spiro atoms. The van der Waals surface area contributed by atoms with Gasteiger partial charge in [0.1, 0.15) is 5.82 Å². The van der Waals surface area contributed by atoms with Crippen LogP contribution in [0.25, 0.3) is 0 Å². The minimum atomic E-state index is -0.292. The summed E-state index contributed by atoms with van der Waals surface area (Å²) in [5, 5.41) is 9.44. The Kier molecular flexibility index (Phi) is 3.72. The van der Waals surface area contributed by atoms with Gasteiger partial charge in [-0.3, -0.25) is 9.89 Å². The Labute approximate surface area is 106 Å². The number of rotatable bonds is 4. The summed E-state index contributed by atoms with van der Waals surface area (Å²) in [4.78, 5) is 16.0.